The minimum absolute atomic E-state index is 0.0777. The number of hydrogen-bond donors (Lipinski definition) is 1. The quantitative estimate of drug-likeness (QED) is 0.477. The summed E-state index contributed by atoms with van der Waals surface area (Å²) in [7, 11) is 4.00. The molecule has 1 aliphatic heterocycles. The van der Waals surface area contributed by atoms with Gasteiger partial charge in [0.2, 0.25) is 0 Å². The molecule has 1 heterocycles. The van der Waals surface area contributed by atoms with Crippen molar-refractivity contribution < 1.29 is 4.79 Å². The molecule has 5 heteroatoms. The van der Waals surface area contributed by atoms with Gasteiger partial charge in [0.05, 0.1) is 11.4 Å². The molecule has 1 aliphatic rings. The second-order valence-corrected chi connectivity index (χ2v) is 6.76. The van der Waals surface area contributed by atoms with E-state index in [1.807, 2.05) is 97.9 Å². The summed E-state index contributed by atoms with van der Waals surface area (Å²) < 4.78 is 0. The fourth-order valence-electron chi connectivity index (χ4n) is 3.02. The maximum absolute atomic E-state index is 12.2. The van der Waals surface area contributed by atoms with Crippen LogP contribution >= 0.6 is 0 Å². The first-order valence-electron chi connectivity index (χ1n) is 9.02. The van der Waals surface area contributed by atoms with Crippen LogP contribution in [0, 0.1) is 0 Å². The van der Waals surface area contributed by atoms with Gasteiger partial charge in [0.1, 0.15) is 0 Å². The van der Waals surface area contributed by atoms with Crippen LogP contribution in [-0.2, 0) is 4.79 Å². The Morgan fingerprint density at radius 2 is 1.43 bits per heavy atom. The van der Waals surface area contributed by atoms with Crippen molar-refractivity contribution in [2.24, 2.45) is 10.2 Å². The lowest BCUT2D eigenvalue weighted by Gasteiger charge is -2.11. The monoisotopic (exact) mass is 368 g/mol. The summed E-state index contributed by atoms with van der Waals surface area (Å²) in [5.41, 5.74) is 6.07. The molecule has 0 radical (unpaired) electrons. The number of benzene rings is 3. The Kier molecular flexibility index (Phi) is 4.72. The van der Waals surface area contributed by atoms with Crippen LogP contribution in [0.1, 0.15) is 11.1 Å². The second-order valence-electron chi connectivity index (χ2n) is 6.76. The molecule has 3 aromatic rings. The summed E-state index contributed by atoms with van der Waals surface area (Å²) in [6, 6.07) is 23.2. The Morgan fingerprint density at radius 3 is 2.07 bits per heavy atom. The van der Waals surface area contributed by atoms with Crippen molar-refractivity contribution in [3.05, 3.63) is 83.9 Å². The summed E-state index contributed by atoms with van der Waals surface area (Å²) >= 11 is 0. The maximum Gasteiger partial charge on any atom is 0.256 e. The van der Waals surface area contributed by atoms with Crippen molar-refractivity contribution in [1.29, 1.82) is 0 Å². The number of nitrogens with zero attached hydrogens (tertiary/aromatic N) is 3. The van der Waals surface area contributed by atoms with E-state index in [0.29, 0.717) is 5.57 Å². The van der Waals surface area contributed by atoms with Crippen molar-refractivity contribution in [3.8, 4) is 0 Å². The van der Waals surface area contributed by atoms with Gasteiger partial charge in [-0.1, -0.05) is 30.3 Å². The van der Waals surface area contributed by atoms with Crippen LogP contribution < -0.4 is 10.2 Å². The average Bonchev–Trinajstić information content (AvgIpc) is 3.03. The van der Waals surface area contributed by atoms with E-state index in [1.54, 1.807) is 0 Å². The zero-order valence-corrected chi connectivity index (χ0v) is 15.8. The fraction of sp³-hybridized carbons (Fsp3) is 0.0870. The van der Waals surface area contributed by atoms with Gasteiger partial charge < -0.3 is 10.2 Å². The van der Waals surface area contributed by atoms with Gasteiger partial charge in [0, 0.05) is 36.6 Å². The zero-order chi connectivity index (χ0) is 19.5. The van der Waals surface area contributed by atoms with Gasteiger partial charge in [-0.3, -0.25) is 4.79 Å². The molecule has 0 aromatic heterocycles. The minimum atomic E-state index is -0.0777. The van der Waals surface area contributed by atoms with Crippen LogP contribution in [0.4, 0.5) is 22.7 Å². The standard InChI is InChI=1S/C23H20N4O/c1-27(2)19-13-11-18(12-14-19)26-25-17-9-7-16(8-10-17)15-21-20-5-3-4-6-22(20)24-23(21)28/h3-15H,1-2H3,(H,24,28)/b21-15-,26-25?. The van der Waals surface area contributed by atoms with Crippen LogP contribution in [0.2, 0.25) is 0 Å². The van der Waals surface area contributed by atoms with Crippen LogP contribution in [0.25, 0.3) is 11.6 Å². The molecule has 0 aliphatic carbocycles. The van der Waals surface area contributed by atoms with Gasteiger partial charge in [0.15, 0.2) is 0 Å². The third-order valence-electron chi connectivity index (χ3n) is 4.56. The van der Waals surface area contributed by atoms with Crippen LogP contribution in [0.15, 0.2) is 83.0 Å². The molecule has 1 N–H and O–H groups in total. The highest BCUT2D eigenvalue weighted by Gasteiger charge is 2.23. The minimum Gasteiger partial charge on any atom is -0.378 e. The van der Waals surface area contributed by atoms with E-state index in [2.05, 4.69) is 15.5 Å². The lowest BCUT2D eigenvalue weighted by Crippen LogP contribution is -2.07. The normalized spacial score (nSPS) is 14.4. The molecule has 0 bridgehead atoms. The number of hydrogen-bond acceptors (Lipinski definition) is 4. The second kappa shape index (κ2) is 7.48. The van der Waals surface area contributed by atoms with Gasteiger partial charge in [-0.2, -0.15) is 10.2 Å². The number of para-hydroxylation sites is 1. The SMILES string of the molecule is CN(C)c1ccc(N=Nc2ccc(/C=C3\C(=O)Nc4ccccc43)cc2)cc1. The van der Waals surface area contributed by atoms with E-state index < -0.39 is 0 Å². The fourth-order valence-corrected chi connectivity index (χ4v) is 3.02. The number of anilines is 2. The highest BCUT2D eigenvalue weighted by Crippen LogP contribution is 2.33. The maximum atomic E-state index is 12.2. The lowest BCUT2D eigenvalue weighted by atomic mass is 10.0. The van der Waals surface area contributed by atoms with E-state index >= 15 is 0 Å². The van der Waals surface area contributed by atoms with Gasteiger partial charge in [-0.25, -0.2) is 0 Å². The average molecular weight is 368 g/mol. The molecule has 4 rings (SSSR count). The molecule has 5 nitrogen and oxygen atoms in total. The summed E-state index contributed by atoms with van der Waals surface area (Å²) in [5.74, 6) is -0.0777. The molecule has 0 saturated carbocycles. The van der Waals surface area contributed by atoms with Crippen LogP contribution in [0.5, 0.6) is 0 Å². The Bertz CT molecular complexity index is 1060. The van der Waals surface area contributed by atoms with Crippen molar-refractivity contribution >= 4 is 40.3 Å². The number of azo groups is 1. The third-order valence-corrected chi connectivity index (χ3v) is 4.56. The van der Waals surface area contributed by atoms with Gasteiger partial charge in [0.25, 0.3) is 5.91 Å². The predicted octanol–water partition coefficient (Wildman–Crippen LogP) is 5.66. The van der Waals surface area contributed by atoms with Crippen molar-refractivity contribution in [2.45, 2.75) is 0 Å². The molecule has 0 saturated heterocycles. The third kappa shape index (κ3) is 3.69. The topological polar surface area (TPSA) is 57.1 Å². The first-order chi connectivity index (χ1) is 13.6. The molecule has 0 atom stereocenters. The van der Waals surface area contributed by atoms with E-state index in [-0.39, 0.29) is 5.91 Å². The molecule has 138 valence electrons. The van der Waals surface area contributed by atoms with E-state index in [1.165, 1.54) is 0 Å². The smallest absolute Gasteiger partial charge is 0.256 e. The number of rotatable bonds is 4. The number of carbonyl (C=O) groups excluding carboxylic acids is 1. The Balaban J connectivity index is 1.51. The van der Waals surface area contributed by atoms with Gasteiger partial charge in [-0.15, -0.1) is 0 Å². The van der Waals surface area contributed by atoms with E-state index in [9.17, 15) is 4.79 Å². The van der Waals surface area contributed by atoms with Crippen molar-refractivity contribution in [3.63, 3.8) is 0 Å². The summed E-state index contributed by atoms with van der Waals surface area (Å²) in [5, 5.41) is 11.4. The Hall–Kier alpha value is -3.73. The number of amides is 1. The summed E-state index contributed by atoms with van der Waals surface area (Å²) in [4.78, 5) is 14.3. The Labute approximate surface area is 164 Å². The van der Waals surface area contributed by atoms with E-state index in [0.717, 1.165) is 33.9 Å². The highest BCUT2D eigenvalue weighted by molar-refractivity contribution is 6.34. The first kappa shape index (κ1) is 17.7. The van der Waals surface area contributed by atoms with Crippen LogP contribution in [-0.4, -0.2) is 20.0 Å². The van der Waals surface area contributed by atoms with Gasteiger partial charge in [-0.05, 0) is 54.1 Å². The molecule has 0 fully saturated rings. The number of fused-ring (bicyclic) bond motifs is 1. The highest BCUT2D eigenvalue weighted by atomic mass is 16.2. The van der Waals surface area contributed by atoms with Crippen molar-refractivity contribution in [1.82, 2.24) is 0 Å². The van der Waals surface area contributed by atoms with E-state index in [4.69, 9.17) is 0 Å². The molecule has 3 aromatic carbocycles. The zero-order valence-electron chi connectivity index (χ0n) is 15.8. The molecular formula is C23H20N4O. The summed E-state index contributed by atoms with van der Waals surface area (Å²) in [6.07, 6.45) is 1.89. The molecule has 28 heavy (non-hydrogen) atoms. The number of carbonyl (C=O) groups is 1. The molecule has 0 spiro atoms. The van der Waals surface area contributed by atoms with Gasteiger partial charge >= 0.3 is 0 Å². The molecule has 0 unspecified atom stereocenters. The molecule has 1 amide bonds. The lowest BCUT2D eigenvalue weighted by molar-refractivity contribution is -0.110. The van der Waals surface area contributed by atoms with Crippen molar-refractivity contribution in [2.75, 3.05) is 24.3 Å². The summed E-state index contributed by atoms with van der Waals surface area (Å²) in [6.45, 7) is 0. The van der Waals surface area contributed by atoms with Crippen LogP contribution in [0.3, 0.4) is 0 Å². The predicted molar refractivity (Wildman–Crippen MR) is 114 cm³/mol. The first-order valence-corrected chi connectivity index (χ1v) is 9.02. The Morgan fingerprint density at radius 1 is 0.821 bits per heavy atom. The number of nitrogens with one attached hydrogen (secondary N) is 1. The molecular weight excluding hydrogens is 348 g/mol. The largest absolute Gasteiger partial charge is 0.378 e.